The molecular weight excluding hydrogens is 244 g/mol. The molecule has 0 spiro atoms. The summed E-state index contributed by atoms with van der Waals surface area (Å²) < 4.78 is 5.17. The maximum atomic E-state index is 11.7. The molecule has 0 bridgehead atoms. The van der Waals surface area contributed by atoms with Crippen molar-refractivity contribution in [2.45, 2.75) is 40.2 Å². The van der Waals surface area contributed by atoms with Crippen LogP contribution in [0.2, 0.25) is 0 Å². The van der Waals surface area contributed by atoms with Gasteiger partial charge < -0.3 is 14.5 Å². The number of hydrogen-bond donors (Lipinski definition) is 0. The molecule has 0 aliphatic heterocycles. The number of carbonyl (C=O) groups excluding carboxylic acids is 2. The van der Waals surface area contributed by atoms with E-state index in [2.05, 4.69) is 0 Å². The quantitative estimate of drug-likeness (QED) is 0.695. The topological polar surface area (TPSA) is 49.9 Å². The number of likely N-dealkylation sites (N-methyl/N-ethyl adjacent to an activating group) is 1. The summed E-state index contributed by atoms with van der Waals surface area (Å²) in [6.45, 7) is 11.1. The van der Waals surface area contributed by atoms with Crippen LogP contribution >= 0.6 is 0 Å². The predicted octanol–water partition coefficient (Wildman–Crippen LogP) is 2.28. The van der Waals surface area contributed by atoms with Crippen LogP contribution in [0.1, 0.15) is 34.6 Å². The van der Waals surface area contributed by atoms with E-state index in [0.29, 0.717) is 0 Å². The molecule has 0 rings (SSSR count). The first-order valence-corrected chi connectivity index (χ1v) is 6.58. The molecule has 0 saturated heterocycles. The molecule has 0 unspecified atom stereocenters. The van der Waals surface area contributed by atoms with Gasteiger partial charge in [0, 0.05) is 26.3 Å². The summed E-state index contributed by atoms with van der Waals surface area (Å²) in [5, 5.41) is 0. The van der Waals surface area contributed by atoms with Gasteiger partial charge in [-0.2, -0.15) is 0 Å². The third kappa shape index (κ3) is 8.24. The van der Waals surface area contributed by atoms with Gasteiger partial charge in [-0.25, -0.2) is 4.79 Å². The first-order valence-electron chi connectivity index (χ1n) is 6.58. The fraction of sp³-hybridized carbons (Fsp3) is 0.714. The van der Waals surface area contributed by atoms with Crippen LogP contribution in [0.25, 0.3) is 0 Å². The van der Waals surface area contributed by atoms with Crippen LogP contribution in [0.5, 0.6) is 0 Å². The summed E-state index contributed by atoms with van der Waals surface area (Å²) in [5.74, 6) is -0.125. The molecule has 5 nitrogen and oxygen atoms in total. The van der Waals surface area contributed by atoms with E-state index < -0.39 is 11.7 Å². The Morgan fingerprint density at radius 3 is 2.11 bits per heavy atom. The number of rotatable bonds is 6. The summed E-state index contributed by atoms with van der Waals surface area (Å²) in [4.78, 5) is 26.6. The van der Waals surface area contributed by atoms with E-state index in [1.165, 1.54) is 11.0 Å². The fourth-order valence-corrected chi connectivity index (χ4v) is 1.31. The van der Waals surface area contributed by atoms with Gasteiger partial charge in [-0.05, 0) is 40.7 Å². The Morgan fingerprint density at radius 1 is 1.16 bits per heavy atom. The van der Waals surface area contributed by atoms with E-state index >= 15 is 0 Å². The maximum absolute atomic E-state index is 11.7. The van der Waals surface area contributed by atoms with Gasteiger partial charge in [-0.3, -0.25) is 4.79 Å². The number of carbonyl (C=O) groups is 2. The summed E-state index contributed by atoms with van der Waals surface area (Å²) in [5.41, 5.74) is -0.550. The fourth-order valence-electron chi connectivity index (χ4n) is 1.31. The van der Waals surface area contributed by atoms with Crippen molar-refractivity contribution in [3.8, 4) is 0 Å². The molecule has 5 heteroatoms. The minimum atomic E-state index is -0.550. The smallest absolute Gasteiger partial charge is 0.410 e. The first-order chi connectivity index (χ1) is 8.69. The number of ketones is 1. The summed E-state index contributed by atoms with van der Waals surface area (Å²) in [7, 11) is 1.55. The number of hydrogen-bond acceptors (Lipinski definition) is 4. The van der Waals surface area contributed by atoms with Crippen LogP contribution in [0.4, 0.5) is 4.79 Å². The molecule has 0 saturated carbocycles. The Morgan fingerprint density at radius 2 is 1.68 bits per heavy atom. The first kappa shape index (κ1) is 17.5. The lowest BCUT2D eigenvalue weighted by Crippen LogP contribution is -2.36. The Kier molecular flexibility index (Phi) is 7.19. The average Bonchev–Trinajstić information content (AvgIpc) is 2.28. The second-order valence-electron chi connectivity index (χ2n) is 5.34. The second kappa shape index (κ2) is 7.81. The van der Waals surface area contributed by atoms with Crippen molar-refractivity contribution in [1.82, 2.24) is 9.80 Å². The summed E-state index contributed by atoms with van der Waals surface area (Å²) in [6.07, 6.45) is 2.76. The minimum Gasteiger partial charge on any atom is -0.444 e. The molecule has 0 radical (unpaired) electrons. The molecule has 0 heterocycles. The molecule has 0 fully saturated rings. The zero-order valence-corrected chi connectivity index (χ0v) is 12.9. The highest BCUT2D eigenvalue weighted by atomic mass is 16.6. The highest BCUT2D eigenvalue weighted by Crippen LogP contribution is 2.08. The van der Waals surface area contributed by atoms with Crippen LogP contribution in [-0.4, -0.2) is 54.0 Å². The predicted molar refractivity (Wildman–Crippen MR) is 75.9 cm³/mol. The lowest BCUT2D eigenvalue weighted by Gasteiger charge is -2.24. The summed E-state index contributed by atoms with van der Waals surface area (Å²) in [6, 6.07) is 0. The standard InChI is InChI=1S/C14H26N2O3/c1-7-16(8-2)10-9-12(17)11-15(6)13(18)19-14(3,4)5/h9-10H,7-8,11H2,1-6H3. The molecule has 0 aliphatic carbocycles. The van der Waals surface area contributed by atoms with Crippen molar-refractivity contribution < 1.29 is 14.3 Å². The van der Waals surface area contributed by atoms with E-state index in [4.69, 9.17) is 4.74 Å². The summed E-state index contributed by atoms with van der Waals surface area (Å²) >= 11 is 0. The van der Waals surface area contributed by atoms with Crippen molar-refractivity contribution in [3.63, 3.8) is 0 Å². The van der Waals surface area contributed by atoms with Crippen molar-refractivity contribution in [1.29, 1.82) is 0 Å². The van der Waals surface area contributed by atoms with E-state index in [-0.39, 0.29) is 12.3 Å². The monoisotopic (exact) mass is 270 g/mol. The van der Waals surface area contributed by atoms with Crippen molar-refractivity contribution >= 4 is 11.9 Å². The van der Waals surface area contributed by atoms with Crippen LogP contribution in [0, 0.1) is 0 Å². The molecule has 19 heavy (non-hydrogen) atoms. The molecule has 0 aliphatic rings. The SMILES string of the molecule is CCN(C=CC(=O)CN(C)C(=O)OC(C)(C)C)CC. The van der Waals surface area contributed by atoms with Crippen LogP contribution < -0.4 is 0 Å². The van der Waals surface area contributed by atoms with Crippen LogP contribution in [0.15, 0.2) is 12.3 Å². The zero-order chi connectivity index (χ0) is 15.1. The Balaban J connectivity index is 4.29. The highest BCUT2D eigenvalue weighted by Gasteiger charge is 2.20. The third-order valence-corrected chi connectivity index (χ3v) is 2.38. The number of amides is 1. The average molecular weight is 270 g/mol. The van der Waals surface area contributed by atoms with Gasteiger partial charge in [0.05, 0.1) is 6.54 Å². The lowest BCUT2D eigenvalue weighted by molar-refractivity contribution is -0.115. The molecule has 0 aromatic carbocycles. The molecule has 0 atom stereocenters. The maximum Gasteiger partial charge on any atom is 0.410 e. The molecule has 0 N–H and O–H groups in total. The lowest BCUT2D eigenvalue weighted by atomic mass is 10.2. The van der Waals surface area contributed by atoms with Crippen molar-refractivity contribution in [2.75, 3.05) is 26.7 Å². The molecule has 110 valence electrons. The van der Waals surface area contributed by atoms with E-state index in [9.17, 15) is 9.59 Å². The van der Waals surface area contributed by atoms with Gasteiger partial charge in [0.25, 0.3) is 0 Å². The van der Waals surface area contributed by atoms with Gasteiger partial charge in [0.2, 0.25) is 0 Å². The highest BCUT2D eigenvalue weighted by molar-refractivity contribution is 5.93. The largest absolute Gasteiger partial charge is 0.444 e. The van der Waals surface area contributed by atoms with E-state index in [0.717, 1.165) is 13.1 Å². The second-order valence-corrected chi connectivity index (χ2v) is 5.34. The van der Waals surface area contributed by atoms with Gasteiger partial charge in [0.1, 0.15) is 5.60 Å². The van der Waals surface area contributed by atoms with Gasteiger partial charge >= 0.3 is 6.09 Å². The molecule has 0 aromatic rings. The van der Waals surface area contributed by atoms with Crippen molar-refractivity contribution in [2.24, 2.45) is 0 Å². The molecular formula is C14H26N2O3. The Bertz CT molecular complexity index is 328. The molecule has 0 aromatic heterocycles. The van der Waals surface area contributed by atoms with E-state index in [1.807, 2.05) is 18.7 Å². The minimum absolute atomic E-state index is 0.0205. The normalized spacial score (nSPS) is 11.5. The zero-order valence-electron chi connectivity index (χ0n) is 12.9. The molecule has 1 amide bonds. The van der Waals surface area contributed by atoms with Gasteiger partial charge in [-0.15, -0.1) is 0 Å². The van der Waals surface area contributed by atoms with Crippen LogP contribution in [0.3, 0.4) is 0 Å². The van der Waals surface area contributed by atoms with Gasteiger partial charge in [0.15, 0.2) is 5.78 Å². The van der Waals surface area contributed by atoms with Gasteiger partial charge in [-0.1, -0.05) is 0 Å². The van der Waals surface area contributed by atoms with Crippen LogP contribution in [-0.2, 0) is 9.53 Å². The number of ether oxygens (including phenoxy) is 1. The number of nitrogens with zero attached hydrogens (tertiary/aromatic N) is 2. The Hall–Kier alpha value is -1.52. The third-order valence-electron chi connectivity index (χ3n) is 2.38. The van der Waals surface area contributed by atoms with Crippen molar-refractivity contribution in [3.05, 3.63) is 12.3 Å². The van der Waals surface area contributed by atoms with E-state index in [1.54, 1.807) is 34.0 Å². The Labute approximate surface area is 116 Å².